The summed E-state index contributed by atoms with van der Waals surface area (Å²) in [6.45, 7) is 6.94. The summed E-state index contributed by atoms with van der Waals surface area (Å²) in [6, 6.07) is 1.63. The molecule has 102 valence electrons. The van der Waals surface area contributed by atoms with Crippen molar-refractivity contribution in [1.29, 1.82) is 0 Å². The highest BCUT2D eigenvalue weighted by molar-refractivity contribution is 5.97. The Kier molecular flexibility index (Phi) is 5.17. The second-order valence-corrected chi connectivity index (χ2v) is 4.07. The van der Waals surface area contributed by atoms with Gasteiger partial charge in [-0.15, -0.1) is 6.58 Å². The lowest BCUT2D eigenvalue weighted by Gasteiger charge is -2.20. The third kappa shape index (κ3) is 3.87. The molecule has 0 radical (unpaired) electrons. The molecular weight excluding hydrogens is 246 g/mol. The topological polar surface area (TPSA) is 83.4 Å². The number of aromatic nitrogens is 2. The zero-order valence-corrected chi connectivity index (χ0v) is 11.1. The van der Waals surface area contributed by atoms with E-state index in [2.05, 4.69) is 16.8 Å². The first kappa shape index (κ1) is 14.8. The molecule has 1 N–H and O–H groups in total. The first-order valence-electron chi connectivity index (χ1n) is 5.94. The number of hydrogen-bond donors (Lipinski definition) is 1. The highest BCUT2D eigenvalue weighted by atomic mass is 16.4. The van der Waals surface area contributed by atoms with Gasteiger partial charge < -0.3 is 10.0 Å². The van der Waals surface area contributed by atoms with E-state index in [9.17, 15) is 9.59 Å². The number of aliphatic carboxylic acids is 1. The zero-order chi connectivity index (χ0) is 14.4. The maximum Gasteiger partial charge on any atom is 0.323 e. The number of nitrogens with zero attached hydrogens (tertiary/aromatic N) is 3. The Morgan fingerprint density at radius 1 is 1.47 bits per heavy atom. The SMILES string of the molecule is C=CCN(CC(=O)O)C(=O)c1cc(C)nnc1CC. The van der Waals surface area contributed by atoms with Crippen LogP contribution in [0.3, 0.4) is 0 Å². The van der Waals surface area contributed by atoms with Gasteiger partial charge in [-0.1, -0.05) is 13.0 Å². The Balaban J connectivity index is 3.10. The van der Waals surface area contributed by atoms with E-state index >= 15 is 0 Å². The van der Waals surface area contributed by atoms with Gasteiger partial charge in [0.25, 0.3) is 5.91 Å². The van der Waals surface area contributed by atoms with Crippen LogP contribution in [0.5, 0.6) is 0 Å². The standard InChI is InChI=1S/C13H17N3O3/c1-4-6-16(8-12(17)18)13(19)10-7-9(3)14-15-11(10)5-2/h4,7H,1,5-6,8H2,2-3H3,(H,17,18). The summed E-state index contributed by atoms with van der Waals surface area (Å²) in [7, 11) is 0. The molecular formula is C13H17N3O3. The number of amides is 1. The molecule has 0 spiro atoms. The lowest BCUT2D eigenvalue weighted by atomic mass is 10.1. The molecule has 0 aliphatic heterocycles. The molecule has 6 nitrogen and oxygen atoms in total. The molecule has 1 amide bonds. The molecule has 19 heavy (non-hydrogen) atoms. The van der Waals surface area contributed by atoms with Crippen molar-refractivity contribution in [2.45, 2.75) is 20.3 Å². The minimum absolute atomic E-state index is 0.176. The van der Waals surface area contributed by atoms with E-state index in [0.717, 1.165) is 0 Å². The molecule has 1 heterocycles. The minimum Gasteiger partial charge on any atom is -0.480 e. The van der Waals surface area contributed by atoms with Crippen LogP contribution >= 0.6 is 0 Å². The summed E-state index contributed by atoms with van der Waals surface area (Å²) in [5, 5.41) is 16.7. The van der Waals surface area contributed by atoms with Crippen molar-refractivity contribution in [3.63, 3.8) is 0 Å². The largest absolute Gasteiger partial charge is 0.480 e. The van der Waals surface area contributed by atoms with Crippen molar-refractivity contribution in [3.8, 4) is 0 Å². The number of aryl methyl sites for hydroxylation is 2. The van der Waals surface area contributed by atoms with Crippen molar-refractivity contribution in [1.82, 2.24) is 15.1 Å². The number of rotatable bonds is 6. The molecule has 1 aromatic rings. The van der Waals surface area contributed by atoms with Crippen LogP contribution in [-0.4, -0.2) is 45.2 Å². The van der Waals surface area contributed by atoms with Gasteiger partial charge in [0.15, 0.2) is 0 Å². The van der Waals surface area contributed by atoms with Gasteiger partial charge in [-0.2, -0.15) is 10.2 Å². The van der Waals surface area contributed by atoms with Crippen LogP contribution in [0.15, 0.2) is 18.7 Å². The Labute approximate surface area is 111 Å². The number of carbonyl (C=O) groups is 2. The van der Waals surface area contributed by atoms with E-state index in [0.29, 0.717) is 23.4 Å². The van der Waals surface area contributed by atoms with Crippen molar-refractivity contribution in [2.24, 2.45) is 0 Å². The van der Waals surface area contributed by atoms with Gasteiger partial charge in [-0.3, -0.25) is 9.59 Å². The quantitative estimate of drug-likeness (QED) is 0.776. The fraction of sp³-hybridized carbons (Fsp3) is 0.385. The van der Waals surface area contributed by atoms with Crippen LogP contribution in [0, 0.1) is 6.92 Å². The molecule has 0 aliphatic carbocycles. The van der Waals surface area contributed by atoms with Crippen LogP contribution in [0.1, 0.15) is 28.7 Å². The van der Waals surface area contributed by atoms with Crippen molar-refractivity contribution >= 4 is 11.9 Å². The Hall–Kier alpha value is -2.24. The number of hydrogen-bond acceptors (Lipinski definition) is 4. The van der Waals surface area contributed by atoms with Gasteiger partial charge in [0.2, 0.25) is 0 Å². The molecule has 0 unspecified atom stereocenters. The van der Waals surface area contributed by atoms with Crippen molar-refractivity contribution in [3.05, 3.63) is 35.7 Å². The number of carboxylic acids is 1. The van der Waals surface area contributed by atoms with E-state index in [1.54, 1.807) is 13.0 Å². The Bertz CT molecular complexity index is 500. The predicted molar refractivity (Wildman–Crippen MR) is 69.9 cm³/mol. The van der Waals surface area contributed by atoms with E-state index in [4.69, 9.17) is 5.11 Å². The van der Waals surface area contributed by atoms with Crippen LogP contribution in [0.2, 0.25) is 0 Å². The fourth-order valence-electron chi connectivity index (χ4n) is 1.67. The zero-order valence-electron chi connectivity index (χ0n) is 11.1. The second-order valence-electron chi connectivity index (χ2n) is 4.07. The number of carbonyl (C=O) groups excluding carboxylic acids is 1. The van der Waals surface area contributed by atoms with Gasteiger partial charge >= 0.3 is 5.97 Å². The molecule has 0 atom stereocenters. The van der Waals surface area contributed by atoms with Crippen LogP contribution in [0.25, 0.3) is 0 Å². The Morgan fingerprint density at radius 2 is 2.16 bits per heavy atom. The molecule has 6 heteroatoms. The lowest BCUT2D eigenvalue weighted by molar-refractivity contribution is -0.137. The van der Waals surface area contributed by atoms with Crippen molar-refractivity contribution < 1.29 is 14.7 Å². The average molecular weight is 263 g/mol. The normalized spacial score (nSPS) is 10.0. The lowest BCUT2D eigenvalue weighted by Crippen LogP contribution is -2.36. The van der Waals surface area contributed by atoms with Crippen LogP contribution in [-0.2, 0) is 11.2 Å². The van der Waals surface area contributed by atoms with Crippen LogP contribution < -0.4 is 0 Å². The molecule has 0 saturated carbocycles. The first-order chi connectivity index (χ1) is 8.99. The predicted octanol–water partition coefficient (Wildman–Crippen LogP) is 1.06. The van der Waals surface area contributed by atoms with Gasteiger partial charge in [0.1, 0.15) is 6.54 Å². The summed E-state index contributed by atoms with van der Waals surface area (Å²) in [5.41, 5.74) is 1.59. The second kappa shape index (κ2) is 6.63. The van der Waals surface area contributed by atoms with Crippen molar-refractivity contribution in [2.75, 3.05) is 13.1 Å². The first-order valence-corrected chi connectivity index (χ1v) is 5.94. The maximum atomic E-state index is 12.3. The summed E-state index contributed by atoms with van der Waals surface area (Å²) < 4.78 is 0. The molecule has 0 bridgehead atoms. The van der Waals surface area contributed by atoms with Gasteiger partial charge in [0.05, 0.1) is 17.0 Å². The minimum atomic E-state index is -1.06. The van der Waals surface area contributed by atoms with Gasteiger partial charge in [0, 0.05) is 6.54 Å². The van der Waals surface area contributed by atoms with E-state index in [1.165, 1.54) is 11.0 Å². The molecule has 1 rings (SSSR count). The highest BCUT2D eigenvalue weighted by Crippen LogP contribution is 2.11. The smallest absolute Gasteiger partial charge is 0.323 e. The maximum absolute atomic E-state index is 12.3. The Morgan fingerprint density at radius 3 is 2.68 bits per heavy atom. The van der Waals surface area contributed by atoms with Gasteiger partial charge in [-0.25, -0.2) is 0 Å². The third-order valence-electron chi connectivity index (χ3n) is 2.52. The monoisotopic (exact) mass is 263 g/mol. The number of carboxylic acid groups (broad SMARTS) is 1. The molecule has 0 fully saturated rings. The summed E-state index contributed by atoms with van der Waals surface area (Å²) in [4.78, 5) is 24.3. The third-order valence-corrected chi connectivity index (χ3v) is 2.52. The average Bonchev–Trinajstić information content (AvgIpc) is 2.37. The summed E-state index contributed by atoms with van der Waals surface area (Å²) in [5.74, 6) is -1.43. The fourth-order valence-corrected chi connectivity index (χ4v) is 1.67. The molecule has 0 aliphatic rings. The van der Waals surface area contributed by atoms with Crippen LogP contribution in [0.4, 0.5) is 0 Å². The molecule has 0 saturated heterocycles. The summed E-state index contributed by atoms with van der Waals surface area (Å²) in [6.07, 6.45) is 2.05. The van der Waals surface area contributed by atoms with E-state index < -0.39 is 5.97 Å². The van der Waals surface area contributed by atoms with E-state index in [1.807, 2.05) is 6.92 Å². The highest BCUT2D eigenvalue weighted by Gasteiger charge is 2.20. The molecule has 0 aromatic carbocycles. The van der Waals surface area contributed by atoms with Gasteiger partial charge in [-0.05, 0) is 19.4 Å². The summed E-state index contributed by atoms with van der Waals surface area (Å²) >= 11 is 0. The van der Waals surface area contributed by atoms with E-state index in [-0.39, 0.29) is 19.0 Å². The molecule has 1 aromatic heterocycles.